The summed E-state index contributed by atoms with van der Waals surface area (Å²) in [6, 6.07) is 1.80. The van der Waals surface area contributed by atoms with Gasteiger partial charge in [-0.25, -0.2) is 0 Å². The summed E-state index contributed by atoms with van der Waals surface area (Å²) in [5.41, 5.74) is 0.845. The number of hydrogen-bond donors (Lipinski definition) is 2. The molecule has 66 valence electrons. The molecule has 0 spiro atoms. The maximum atomic E-state index is 10.8. The molecule has 1 rings (SSSR count). The molecule has 12 heavy (non-hydrogen) atoms. The second-order valence-electron chi connectivity index (χ2n) is 3.20. The standard InChI is InChI=1S/C9H13NO2/c1-6(2)8(9(11)12)7-3-4-10-5-7/h3-6,8,10H,1-2H3,(H,11,12). The van der Waals surface area contributed by atoms with Gasteiger partial charge in [0, 0.05) is 12.4 Å². The van der Waals surface area contributed by atoms with Crippen molar-refractivity contribution in [3.63, 3.8) is 0 Å². The minimum Gasteiger partial charge on any atom is -0.481 e. The fourth-order valence-corrected chi connectivity index (χ4v) is 1.34. The zero-order valence-electron chi connectivity index (χ0n) is 7.24. The first-order valence-corrected chi connectivity index (χ1v) is 3.98. The van der Waals surface area contributed by atoms with Crippen molar-refractivity contribution in [2.24, 2.45) is 5.92 Å². The Morgan fingerprint density at radius 3 is 2.58 bits per heavy atom. The topological polar surface area (TPSA) is 53.1 Å². The molecule has 0 saturated heterocycles. The molecule has 3 heteroatoms. The number of carboxylic acids is 1. The van der Waals surface area contributed by atoms with Gasteiger partial charge in [0.25, 0.3) is 0 Å². The molecule has 1 unspecified atom stereocenters. The van der Waals surface area contributed by atoms with Gasteiger partial charge >= 0.3 is 5.97 Å². The number of carbonyl (C=O) groups is 1. The van der Waals surface area contributed by atoms with E-state index < -0.39 is 11.9 Å². The molecule has 1 aromatic rings. The van der Waals surface area contributed by atoms with Crippen LogP contribution in [0.4, 0.5) is 0 Å². The molecule has 1 heterocycles. The van der Waals surface area contributed by atoms with Crippen LogP contribution in [0.5, 0.6) is 0 Å². The average molecular weight is 167 g/mol. The highest BCUT2D eigenvalue weighted by molar-refractivity contribution is 5.76. The Balaban J connectivity index is 2.88. The minimum atomic E-state index is -0.760. The first-order chi connectivity index (χ1) is 5.63. The van der Waals surface area contributed by atoms with E-state index >= 15 is 0 Å². The van der Waals surface area contributed by atoms with Gasteiger partial charge in [-0.1, -0.05) is 13.8 Å². The molecule has 0 fully saturated rings. The van der Waals surface area contributed by atoms with Crippen LogP contribution in [0.2, 0.25) is 0 Å². The van der Waals surface area contributed by atoms with E-state index in [0.29, 0.717) is 0 Å². The Morgan fingerprint density at radius 2 is 2.25 bits per heavy atom. The highest BCUT2D eigenvalue weighted by Crippen LogP contribution is 2.23. The number of H-pyrrole nitrogens is 1. The predicted octanol–water partition coefficient (Wildman–Crippen LogP) is 1.84. The largest absolute Gasteiger partial charge is 0.481 e. The molecule has 0 aliphatic carbocycles. The third-order valence-electron chi connectivity index (χ3n) is 1.91. The van der Waals surface area contributed by atoms with Crippen molar-refractivity contribution in [1.82, 2.24) is 4.98 Å². The maximum absolute atomic E-state index is 10.8. The third kappa shape index (κ3) is 1.67. The lowest BCUT2D eigenvalue weighted by Crippen LogP contribution is -2.16. The van der Waals surface area contributed by atoms with Crippen LogP contribution in [0.25, 0.3) is 0 Å². The van der Waals surface area contributed by atoms with Crippen molar-refractivity contribution in [3.8, 4) is 0 Å². The van der Waals surface area contributed by atoms with E-state index in [9.17, 15) is 4.79 Å². The molecular weight excluding hydrogens is 154 g/mol. The van der Waals surface area contributed by atoms with Gasteiger partial charge < -0.3 is 10.1 Å². The molecule has 0 amide bonds. The molecule has 0 aliphatic rings. The van der Waals surface area contributed by atoms with Gasteiger partial charge in [-0.2, -0.15) is 0 Å². The molecular formula is C9H13NO2. The third-order valence-corrected chi connectivity index (χ3v) is 1.91. The molecule has 0 aliphatic heterocycles. The number of aromatic nitrogens is 1. The molecule has 1 atom stereocenters. The van der Waals surface area contributed by atoms with Crippen molar-refractivity contribution < 1.29 is 9.90 Å². The van der Waals surface area contributed by atoms with Gasteiger partial charge in [-0.15, -0.1) is 0 Å². The summed E-state index contributed by atoms with van der Waals surface area (Å²) in [5, 5.41) is 8.90. The number of nitrogens with one attached hydrogen (secondary N) is 1. The minimum absolute atomic E-state index is 0.123. The SMILES string of the molecule is CC(C)C(C(=O)O)c1cc[nH]c1. The van der Waals surface area contributed by atoms with E-state index in [0.717, 1.165) is 5.56 Å². The van der Waals surface area contributed by atoms with Crippen molar-refractivity contribution in [3.05, 3.63) is 24.0 Å². The normalized spacial score (nSPS) is 13.2. The molecule has 0 bridgehead atoms. The Hall–Kier alpha value is -1.25. The van der Waals surface area contributed by atoms with Gasteiger partial charge in [0.15, 0.2) is 0 Å². The van der Waals surface area contributed by atoms with Gasteiger partial charge in [-0.05, 0) is 17.5 Å². The highest BCUT2D eigenvalue weighted by atomic mass is 16.4. The van der Waals surface area contributed by atoms with Gasteiger partial charge in [0.2, 0.25) is 0 Å². The van der Waals surface area contributed by atoms with E-state index in [1.165, 1.54) is 0 Å². The fourth-order valence-electron chi connectivity index (χ4n) is 1.34. The second kappa shape index (κ2) is 3.43. The van der Waals surface area contributed by atoms with Crippen LogP contribution < -0.4 is 0 Å². The van der Waals surface area contributed by atoms with Crippen LogP contribution in [0, 0.1) is 5.92 Å². The van der Waals surface area contributed by atoms with Gasteiger partial charge in [0.1, 0.15) is 0 Å². The summed E-state index contributed by atoms with van der Waals surface area (Å²) in [6.45, 7) is 3.82. The summed E-state index contributed by atoms with van der Waals surface area (Å²) in [5.74, 6) is -1.03. The van der Waals surface area contributed by atoms with E-state index in [4.69, 9.17) is 5.11 Å². The fraction of sp³-hybridized carbons (Fsp3) is 0.444. The van der Waals surface area contributed by atoms with Crippen LogP contribution in [-0.2, 0) is 4.79 Å². The van der Waals surface area contributed by atoms with Crippen LogP contribution in [0.1, 0.15) is 25.3 Å². The smallest absolute Gasteiger partial charge is 0.311 e. The Labute approximate surface area is 71.4 Å². The number of aromatic amines is 1. The van der Waals surface area contributed by atoms with Crippen molar-refractivity contribution >= 4 is 5.97 Å². The van der Waals surface area contributed by atoms with Crippen LogP contribution in [0.3, 0.4) is 0 Å². The molecule has 3 nitrogen and oxygen atoms in total. The lowest BCUT2D eigenvalue weighted by Gasteiger charge is -2.13. The number of carboxylic acid groups (broad SMARTS) is 1. The summed E-state index contributed by atoms with van der Waals surface area (Å²) in [7, 11) is 0. The lowest BCUT2D eigenvalue weighted by atomic mass is 9.90. The monoisotopic (exact) mass is 167 g/mol. The Bertz CT molecular complexity index is 252. The van der Waals surface area contributed by atoms with Crippen molar-refractivity contribution in [2.45, 2.75) is 19.8 Å². The zero-order valence-corrected chi connectivity index (χ0v) is 7.24. The van der Waals surface area contributed by atoms with Crippen molar-refractivity contribution in [2.75, 3.05) is 0 Å². The molecule has 0 saturated carbocycles. The van der Waals surface area contributed by atoms with Crippen LogP contribution in [0.15, 0.2) is 18.5 Å². The first kappa shape index (κ1) is 8.84. The second-order valence-corrected chi connectivity index (χ2v) is 3.20. The summed E-state index contributed by atoms with van der Waals surface area (Å²) < 4.78 is 0. The maximum Gasteiger partial charge on any atom is 0.311 e. The van der Waals surface area contributed by atoms with E-state index in [-0.39, 0.29) is 5.92 Å². The lowest BCUT2D eigenvalue weighted by molar-refractivity contribution is -0.139. The summed E-state index contributed by atoms with van der Waals surface area (Å²) >= 11 is 0. The van der Waals surface area contributed by atoms with E-state index in [2.05, 4.69) is 4.98 Å². The van der Waals surface area contributed by atoms with E-state index in [1.807, 2.05) is 13.8 Å². The summed E-state index contributed by atoms with van der Waals surface area (Å²) in [4.78, 5) is 13.7. The van der Waals surface area contributed by atoms with Crippen LogP contribution in [-0.4, -0.2) is 16.1 Å². The van der Waals surface area contributed by atoms with Gasteiger partial charge in [0.05, 0.1) is 5.92 Å². The highest BCUT2D eigenvalue weighted by Gasteiger charge is 2.23. The average Bonchev–Trinajstić information content (AvgIpc) is 2.37. The predicted molar refractivity (Wildman–Crippen MR) is 46.0 cm³/mol. The molecule has 1 aromatic heterocycles. The molecule has 2 N–H and O–H groups in total. The first-order valence-electron chi connectivity index (χ1n) is 3.98. The summed E-state index contributed by atoms with van der Waals surface area (Å²) in [6.07, 6.45) is 3.48. The van der Waals surface area contributed by atoms with E-state index in [1.54, 1.807) is 18.5 Å². The van der Waals surface area contributed by atoms with Crippen LogP contribution >= 0.6 is 0 Å². The zero-order chi connectivity index (χ0) is 9.14. The molecule has 0 aromatic carbocycles. The Morgan fingerprint density at radius 1 is 1.58 bits per heavy atom. The number of rotatable bonds is 3. The Kier molecular flexibility index (Phi) is 2.53. The number of aliphatic carboxylic acids is 1. The number of hydrogen-bond acceptors (Lipinski definition) is 1. The van der Waals surface area contributed by atoms with Crippen molar-refractivity contribution in [1.29, 1.82) is 0 Å². The molecule has 0 radical (unpaired) electrons. The van der Waals surface area contributed by atoms with Gasteiger partial charge in [-0.3, -0.25) is 4.79 Å². The quantitative estimate of drug-likeness (QED) is 0.721.